The largest absolute Gasteiger partial charge is 0.460 e. The highest BCUT2D eigenvalue weighted by Crippen LogP contribution is 2.36. The Bertz CT molecular complexity index is 1100. The summed E-state index contributed by atoms with van der Waals surface area (Å²) in [6, 6.07) is 7.23. The number of carbonyl (C=O) groups is 1. The molecule has 0 amide bonds. The van der Waals surface area contributed by atoms with Crippen molar-refractivity contribution in [3.63, 3.8) is 0 Å². The molecule has 7 heteroatoms. The molecule has 0 bridgehead atoms. The number of thiophene rings is 1. The molecular formula is C21H21ClN2O3S. The van der Waals surface area contributed by atoms with Gasteiger partial charge in [0.25, 0.3) is 5.56 Å². The summed E-state index contributed by atoms with van der Waals surface area (Å²) in [6.45, 7) is 4.44. The Balaban J connectivity index is 1.90. The molecule has 1 aliphatic rings. The molecule has 0 unspecified atom stereocenters. The van der Waals surface area contributed by atoms with Crippen molar-refractivity contribution in [1.29, 1.82) is 0 Å². The van der Waals surface area contributed by atoms with Gasteiger partial charge in [-0.2, -0.15) is 0 Å². The summed E-state index contributed by atoms with van der Waals surface area (Å²) >= 11 is 7.50. The average molecular weight is 417 g/mol. The molecule has 5 nitrogen and oxygen atoms in total. The fourth-order valence-corrected chi connectivity index (χ4v) is 5.19. The van der Waals surface area contributed by atoms with Gasteiger partial charge in [-0.1, -0.05) is 30.7 Å². The Hall–Kier alpha value is -2.18. The van der Waals surface area contributed by atoms with Gasteiger partial charge in [0.2, 0.25) is 5.82 Å². The van der Waals surface area contributed by atoms with E-state index in [-0.39, 0.29) is 24.5 Å². The van der Waals surface area contributed by atoms with Crippen LogP contribution in [0.3, 0.4) is 0 Å². The van der Waals surface area contributed by atoms with Crippen LogP contribution in [-0.4, -0.2) is 22.1 Å². The Morgan fingerprint density at radius 3 is 2.82 bits per heavy atom. The van der Waals surface area contributed by atoms with Gasteiger partial charge in [-0.15, -0.1) is 11.3 Å². The van der Waals surface area contributed by atoms with Crippen LogP contribution in [0.4, 0.5) is 0 Å². The molecule has 0 spiro atoms. The number of rotatable bonds is 4. The predicted molar refractivity (Wildman–Crippen MR) is 112 cm³/mol. The standard InChI is InChI=1S/C21H21ClN2O3S/c1-3-27-21(26)18-23-19-17(15-9-4-12(2)10-16(15)28-19)20(25)24(18)11-13-5-7-14(22)8-6-13/h5-8,12H,3-4,9-11H2,1-2H3/t12-/m1/s1. The highest BCUT2D eigenvalue weighted by Gasteiger charge is 2.26. The molecule has 0 aliphatic heterocycles. The van der Waals surface area contributed by atoms with Crippen LogP contribution in [0.5, 0.6) is 0 Å². The van der Waals surface area contributed by atoms with Crippen LogP contribution in [0.2, 0.25) is 5.02 Å². The zero-order valence-electron chi connectivity index (χ0n) is 15.8. The van der Waals surface area contributed by atoms with Crippen LogP contribution in [-0.2, 0) is 24.1 Å². The first-order chi connectivity index (χ1) is 13.5. The number of ether oxygens (including phenoxy) is 1. The van der Waals surface area contributed by atoms with E-state index in [2.05, 4.69) is 11.9 Å². The first-order valence-corrected chi connectivity index (χ1v) is 10.6. The molecule has 3 aromatic rings. The second-order valence-corrected chi connectivity index (χ2v) is 8.73. The highest BCUT2D eigenvalue weighted by molar-refractivity contribution is 7.18. The lowest BCUT2D eigenvalue weighted by atomic mass is 9.89. The second kappa shape index (κ2) is 7.68. The third-order valence-electron chi connectivity index (χ3n) is 5.13. The molecule has 0 radical (unpaired) electrons. The molecular weight excluding hydrogens is 396 g/mol. The minimum atomic E-state index is -0.574. The van der Waals surface area contributed by atoms with Crippen LogP contribution in [0.1, 0.15) is 46.9 Å². The number of benzene rings is 1. The van der Waals surface area contributed by atoms with Crippen molar-refractivity contribution in [2.75, 3.05) is 6.61 Å². The van der Waals surface area contributed by atoms with Crippen molar-refractivity contribution in [2.45, 2.75) is 39.7 Å². The van der Waals surface area contributed by atoms with E-state index in [1.165, 1.54) is 20.8 Å². The summed E-state index contributed by atoms with van der Waals surface area (Å²) < 4.78 is 6.61. The second-order valence-electron chi connectivity index (χ2n) is 7.21. The highest BCUT2D eigenvalue weighted by atomic mass is 35.5. The van der Waals surface area contributed by atoms with E-state index in [0.717, 1.165) is 30.4 Å². The quantitative estimate of drug-likeness (QED) is 0.589. The molecule has 28 heavy (non-hydrogen) atoms. The van der Waals surface area contributed by atoms with E-state index in [0.29, 0.717) is 21.2 Å². The lowest BCUT2D eigenvalue weighted by Crippen LogP contribution is -2.29. The van der Waals surface area contributed by atoms with Crippen LogP contribution >= 0.6 is 22.9 Å². The molecule has 2 aromatic heterocycles. The van der Waals surface area contributed by atoms with Gasteiger partial charge in [0, 0.05) is 9.90 Å². The number of nitrogens with zero attached hydrogens (tertiary/aromatic N) is 2. The number of hydrogen-bond acceptors (Lipinski definition) is 5. The van der Waals surface area contributed by atoms with E-state index in [4.69, 9.17) is 16.3 Å². The normalized spacial score (nSPS) is 16.2. The number of hydrogen-bond donors (Lipinski definition) is 0. The third-order valence-corrected chi connectivity index (χ3v) is 6.53. The minimum Gasteiger partial charge on any atom is -0.460 e. The lowest BCUT2D eigenvalue weighted by Gasteiger charge is -2.17. The summed E-state index contributed by atoms with van der Waals surface area (Å²) in [5.74, 6) is 0.0810. The molecule has 0 N–H and O–H groups in total. The zero-order valence-corrected chi connectivity index (χ0v) is 17.4. The fourth-order valence-electron chi connectivity index (χ4n) is 3.69. The van der Waals surface area contributed by atoms with E-state index in [9.17, 15) is 9.59 Å². The Kier molecular flexibility index (Phi) is 5.25. The predicted octanol–water partition coefficient (Wildman–Crippen LogP) is 4.46. The van der Waals surface area contributed by atoms with Crippen molar-refractivity contribution in [3.8, 4) is 0 Å². The zero-order chi connectivity index (χ0) is 19.8. The van der Waals surface area contributed by atoms with Gasteiger partial charge in [-0.05, 0) is 55.4 Å². The number of aryl methyl sites for hydroxylation is 1. The topological polar surface area (TPSA) is 61.2 Å². The Labute approximate surface area is 171 Å². The van der Waals surface area contributed by atoms with Crippen molar-refractivity contribution in [3.05, 3.63) is 61.5 Å². The first-order valence-electron chi connectivity index (χ1n) is 9.44. The van der Waals surface area contributed by atoms with E-state index < -0.39 is 5.97 Å². The third kappa shape index (κ3) is 3.47. The lowest BCUT2D eigenvalue weighted by molar-refractivity contribution is 0.0505. The molecule has 146 valence electrons. The van der Waals surface area contributed by atoms with Gasteiger partial charge < -0.3 is 4.74 Å². The molecule has 2 heterocycles. The monoisotopic (exact) mass is 416 g/mol. The van der Waals surface area contributed by atoms with Gasteiger partial charge in [0.1, 0.15) is 4.83 Å². The first kappa shape index (κ1) is 19.2. The molecule has 0 saturated heterocycles. The molecule has 4 rings (SSSR count). The maximum atomic E-state index is 13.4. The van der Waals surface area contributed by atoms with Gasteiger partial charge in [0.15, 0.2) is 0 Å². The van der Waals surface area contributed by atoms with Crippen molar-refractivity contribution in [1.82, 2.24) is 9.55 Å². The van der Waals surface area contributed by atoms with Gasteiger partial charge >= 0.3 is 5.97 Å². The maximum Gasteiger partial charge on any atom is 0.374 e. The summed E-state index contributed by atoms with van der Waals surface area (Å²) in [5.41, 5.74) is 1.81. The number of esters is 1. The summed E-state index contributed by atoms with van der Waals surface area (Å²) in [5, 5.41) is 1.28. The van der Waals surface area contributed by atoms with Crippen LogP contribution < -0.4 is 5.56 Å². The molecule has 1 aliphatic carbocycles. The smallest absolute Gasteiger partial charge is 0.374 e. The van der Waals surface area contributed by atoms with Gasteiger partial charge in [-0.3, -0.25) is 9.36 Å². The fraction of sp³-hybridized carbons (Fsp3) is 0.381. The number of halogens is 1. The maximum absolute atomic E-state index is 13.4. The molecule has 0 fully saturated rings. The van der Waals surface area contributed by atoms with Crippen molar-refractivity contribution < 1.29 is 9.53 Å². The van der Waals surface area contributed by atoms with Gasteiger partial charge in [0.05, 0.1) is 18.5 Å². The number of carbonyl (C=O) groups excluding carboxylic acids is 1. The summed E-state index contributed by atoms with van der Waals surface area (Å²) in [7, 11) is 0. The number of fused-ring (bicyclic) bond motifs is 3. The SMILES string of the molecule is CCOC(=O)c1nc2sc3c(c2c(=O)n1Cc1ccc(Cl)cc1)CC[C@@H](C)C3. The minimum absolute atomic E-state index is 0.0564. The Morgan fingerprint density at radius 1 is 1.36 bits per heavy atom. The van der Waals surface area contributed by atoms with E-state index in [1.54, 1.807) is 19.1 Å². The number of aromatic nitrogens is 2. The summed E-state index contributed by atoms with van der Waals surface area (Å²) in [4.78, 5) is 32.4. The average Bonchev–Trinajstić information content (AvgIpc) is 3.03. The van der Waals surface area contributed by atoms with E-state index in [1.807, 2.05) is 12.1 Å². The van der Waals surface area contributed by atoms with Crippen LogP contribution in [0, 0.1) is 5.92 Å². The molecule has 1 aromatic carbocycles. The van der Waals surface area contributed by atoms with Gasteiger partial charge in [-0.25, -0.2) is 9.78 Å². The van der Waals surface area contributed by atoms with Crippen molar-refractivity contribution in [2.24, 2.45) is 5.92 Å². The van der Waals surface area contributed by atoms with E-state index >= 15 is 0 Å². The Morgan fingerprint density at radius 2 is 2.11 bits per heavy atom. The van der Waals surface area contributed by atoms with Crippen LogP contribution in [0.15, 0.2) is 29.1 Å². The van der Waals surface area contributed by atoms with Crippen molar-refractivity contribution >= 4 is 39.1 Å². The molecule has 1 atom stereocenters. The summed E-state index contributed by atoms with van der Waals surface area (Å²) in [6.07, 6.45) is 2.91. The van der Waals surface area contributed by atoms with Crippen LogP contribution in [0.25, 0.3) is 10.2 Å². The molecule has 0 saturated carbocycles.